The van der Waals surface area contributed by atoms with Crippen molar-refractivity contribution in [3.63, 3.8) is 0 Å². The number of rotatable bonds is 6. The molecule has 5 nitrogen and oxygen atoms in total. The van der Waals surface area contributed by atoms with E-state index in [-0.39, 0.29) is 10.4 Å². The van der Waals surface area contributed by atoms with Crippen LogP contribution in [-0.4, -0.2) is 27.0 Å². The van der Waals surface area contributed by atoms with Gasteiger partial charge in [0.25, 0.3) is 10.0 Å². The van der Waals surface area contributed by atoms with Crippen LogP contribution in [0.25, 0.3) is 0 Å². The minimum Gasteiger partial charge on any atom is -0.386 e. The summed E-state index contributed by atoms with van der Waals surface area (Å²) in [6, 6.07) is 3.41. The summed E-state index contributed by atoms with van der Waals surface area (Å²) in [5.41, 5.74) is 0.658. The van der Waals surface area contributed by atoms with E-state index in [1.807, 2.05) is 0 Å². The Balaban J connectivity index is 2.15. The fraction of sp³-hybridized carbons (Fsp3) is 0.615. The van der Waals surface area contributed by atoms with E-state index < -0.39 is 10.0 Å². The molecule has 2 rings (SSSR count). The zero-order valence-corrected chi connectivity index (χ0v) is 12.4. The lowest BCUT2D eigenvalue weighted by molar-refractivity contribution is 0.357. The van der Waals surface area contributed by atoms with Crippen molar-refractivity contribution in [3.05, 3.63) is 18.3 Å². The van der Waals surface area contributed by atoms with Crippen LogP contribution in [0.1, 0.15) is 26.7 Å². The standard InChI is InChI=1S/C13H21N3O2S/c1-10(2)13(6-7-13)9-16-19(17,18)12-11(14-3)5-4-8-15-12/h4-5,8,10,14,16H,6-7,9H2,1-3H3. The zero-order chi connectivity index (χ0) is 14.1. The van der Waals surface area contributed by atoms with Gasteiger partial charge in [0, 0.05) is 19.8 Å². The van der Waals surface area contributed by atoms with Gasteiger partial charge in [0.05, 0.1) is 5.69 Å². The number of nitrogens with zero attached hydrogens (tertiary/aromatic N) is 1. The van der Waals surface area contributed by atoms with Gasteiger partial charge in [-0.3, -0.25) is 0 Å². The third-order valence-electron chi connectivity index (χ3n) is 4.03. The Labute approximate surface area is 114 Å². The van der Waals surface area contributed by atoms with Gasteiger partial charge in [-0.05, 0) is 36.3 Å². The van der Waals surface area contributed by atoms with Gasteiger partial charge in [-0.15, -0.1) is 0 Å². The molecule has 1 saturated carbocycles. The van der Waals surface area contributed by atoms with E-state index in [1.54, 1.807) is 19.2 Å². The summed E-state index contributed by atoms with van der Waals surface area (Å²) in [4.78, 5) is 3.97. The normalized spacial score (nSPS) is 17.5. The van der Waals surface area contributed by atoms with E-state index in [0.29, 0.717) is 18.2 Å². The number of aromatic nitrogens is 1. The summed E-state index contributed by atoms with van der Waals surface area (Å²) < 4.78 is 27.3. The molecule has 0 atom stereocenters. The van der Waals surface area contributed by atoms with Crippen molar-refractivity contribution in [2.24, 2.45) is 11.3 Å². The lowest BCUT2D eigenvalue weighted by atomic mass is 9.93. The number of pyridine rings is 1. The second-order valence-corrected chi connectivity index (χ2v) is 7.13. The second kappa shape index (κ2) is 5.09. The molecule has 0 amide bonds. The van der Waals surface area contributed by atoms with Crippen LogP contribution < -0.4 is 10.0 Å². The van der Waals surface area contributed by atoms with Crippen LogP contribution in [-0.2, 0) is 10.0 Å². The molecule has 0 radical (unpaired) electrons. The molecule has 6 heteroatoms. The molecule has 0 spiro atoms. The van der Waals surface area contributed by atoms with Crippen molar-refractivity contribution in [1.29, 1.82) is 0 Å². The molecule has 0 bridgehead atoms. The largest absolute Gasteiger partial charge is 0.386 e. The Morgan fingerprint density at radius 2 is 2.11 bits per heavy atom. The fourth-order valence-electron chi connectivity index (χ4n) is 2.22. The third-order valence-corrected chi connectivity index (χ3v) is 5.39. The van der Waals surface area contributed by atoms with E-state index in [0.717, 1.165) is 12.8 Å². The SMILES string of the molecule is CNc1cccnc1S(=O)(=O)NCC1(C(C)C)CC1. The number of hydrogen-bond acceptors (Lipinski definition) is 4. The van der Waals surface area contributed by atoms with Crippen LogP contribution in [0.3, 0.4) is 0 Å². The van der Waals surface area contributed by atoms with Crippen LogP contribution in [0.2, 0.25) is 0 Å². The van der Waals surface area contributed by atoms with Gasteiger partial charge in [0.2, 0.25) is 0 Å². The molecule has 2 N–H and O–H groups in total. The highest BCUT2D eigenvalue weighted by molar-refractivity contribution is 7.89. The molecule has 1 fully saturated rings. The van der Waals surface area contributed by atoms with Gasteiger partial charge in [0.1, 0.15) is 0 Å². The first kappa shape index (κ1) is 14.3. The van der Waals surface area contributed by atoms with Gasteiger partial charge in [-0.25, -0.2) is 18.1 Å². The molecule has 0 aromatic carbocycles. The van der Waals surface area contributed by atoms with E-state index >= 15 is 0 Å². The van der Waals surface area contributed by atoms with Gasteiger partial charge < -0.3 is 5.32 Å². The molecule has 1 heterocycles. The van der Waals surface area contributed by atoms with E-state index in [9.17, 15) is 8.42 Å². The maximum atomic E-state index is 12.3. The van der Waals surface area contributed by atoms with Gasteiger partial charge in [0.15, 0.2) is 5.03 Å². The van der Waals surface area contributed by atoms with Crippen molar-refractivity contribution < 1.29 is 8.42 Å². The number of hydrogen-bond donors (Lipinski definition) is 2. The Morgan fingerprint density at radius 3 is 2.63 bits per heavy atom. The molecule has 19 heavy (non-hydrogen) atoms. The number of sulfonamides is 1. The highest BCUT2D eigenvalue weighted by Gasteiger charge is 2.45. The lowest BCUT2D eigenvalue weighted by Crippen LogP contribution is -2.33. The fourth-order valence-corrected chi connectivity index (χ4v) is 3.49. The van der Waals surface area contributed by atoms with E-state index in [4.69, 9.17) is 0 Å². The molecule has 0 saturated heterocycles. The summed E-state index contributed by atoms with van der Waals surface area (Å²) in [5, 5.41) is 2.92. The molecule has 1 aromatic heterocycles. The van der Waals surface area contributed by atoms with Gasteiger partial charge in [-0.2, -0.15) is 0 Å². The van der Waals surface area contributed by atoms with Gasteiger partial charge >= 0.3 is 0 Å². The van der Waals surface area contributed by atoms with E-state index in [2.05, 4.69) is 28.9 Å². The average molecular weight is 283 g/mol. The molecule has 1 aromatic rings. The maximum Gasteiger partial charge on any atom is 0.260 e. The Morgan fingerprint density at radius 1 is 1.42 bits per heavy atom. The predicted molar refractivity (Wildman–Crippen MR) is 75.5 cm³/mol. The first-order chi connectivity index (χ1) is 8.91. The van der Waals surface area contributed by atoms with Crippen LogP contribution in [0.15, 0.2) is 23.4 Å². The van der Waals surface area contributed by atoms with Gasteiger partial charge in [-0.1, -0.05) is 13.8 Å². The molecule has 1 aliphatic rings. The van der Waals surface area contributed by atoms with Crippen molar-refractivity contribution in [2.75, 3.05) is 18.9 Å². The Hall–Kier alpha value is -1.14. The van der Waals surface area contributed by atoms with Crippen LogP contribution in [0.4, 0.5) is 5.69 Å². The summed E-state index contributed by atoms with van der Waals surface area (Å²) >= 11 is 0. The van der Waals surface area contributed by atoms with Crippen LogP contribution in [0.5, 0.6) is 0 Å². The summed E-state index contributed by atoms with van der Waals surface area (Å²) in [5.74, 6) is 0.489. The smallest absolute Gasteiger partial charge is 0.260 e. The zero-order valence-electron chi connectivity index (χ0n) is 11.6. The minimum atomic E-state index is -3.55. The molecule has 1 aliphatic carbocycles. The summed E-state index contributed by atoms with van der Waals surface area (Å²) in [6.45, 7) is 4.77. The Kier molecular flexibility index (Phi) is 3.82. The van der Waals surface area contributed by atoms with Crippen molar-refractivity contribution >= 4 is 15.7 Å². The lowest BCUT2D eigenvalue weighted by Gasteiger charge is -2.20. The number of nitrogens with one attached hydrogen (secondary N) is 2. The highest BCUT2D eigenvalue weighted by atomic mass is 32.2. The van der Waals surface area contributed by atoms with Crippen molar-refractivity contribution in [3.8, 4) is 0 Å². The first-order valence-corrected chi connectivity index (χ1v) is 8.02. The van der Waals surface area contributed by atoms with Crippen LogP contribution >= 0.6 is 0 Å². The van der Waals surface area contributed by atoms with Crippen LogP contribution in [0, 0.1) is 11.3 Å². The quantitative estimate of drug-likeness (QED) is 0.835. The molecule has 106 valence electrons. The monoisotopic (exact) mass is 283 g/mol. The molecule has 0 aliphatic heterocycles. The second-order valence-electron chi connectivity index (χ2n) is 5.45. The molecule has 0 unspecified atom stereocenters. The topological polar surface area (TPSA) is 71.1 Å². The summed E-state index contributed by atoms with van der Waals surface area (Å²) in [7, 11) is -1.87. The highest BCUT2D eigenvalue weighted by Crippen LogP contribution is 2.51. The Bertz CT molecular complexity index is 551. The average Bonchev–Trinajstić information content (AvgIpc) is 3.18. The summed E-state index contributed by atoms with van der Waals surface area (Å²) in [6.07, 6.45) is 3.67. The number of anilines is 1. The molecular weight excluding hydrogens is 262 g/mol. The minimum absolute atomic E-state index is 0.0667. The van der Waals surface area contributed by atoms with Crippen molar-refractivity contribution in [1.82, 2.24) is 9.71 Å². The van der Waals surface area contributed by atoms with E-state index in [1.165, 1.54) is 6.20 Å². The maximum absolute atomic E-state index is 12.3. The molecular formula is C13H21N3O2S. The first-order valence-electron chi connectivity index (χ1n) is 6.54. The predicted octanol–water partition coefficient (Wildman–Crippen LogP) is 1.84. The van der Waals surface area contributed by atoms with Crippen molar-refractivity contribution in [2.45, 2.75) is 31.7 Å². The third kappa shape index (κ3) is 2.90.